The van der Waals surface area contributed by atoms with Crippen molar-refractivity contribution in [3.8, 4) is 0 Å². The molecule has 2 aromatic rings. The largest absolute Gasteiger partial charge is 0.481 e. The maximum Gasteiger partial charge on any atom is 0.307 e. The molecule has 34 heavy (non-hydrogen) atoms. The van der Waals surface area contributed by atoms with Gasteiger partial charge in [0, 0.05) is 17.0 Å². The number of carboxylic acid groups (broad SMARTS) is 1. The zero-order valence-corrected chi connectivity index (χ0v) is 20.1. The van der Waals surface area contributed by atoms with Crippen molar-refractivity contribution in [3.63, 3.8) is 0 Å². The summed E-state index contributed by atoms with van der Waals surface area (Å²) in [6.07, 6.45) is 4.37. The van der Waals surface area contributed by atoms with Gasteiger partial charge in [0.25, 0.3) is 0 Å². The van der Waals surface area contributed by atoms with Crippen molar-refractivity contribution in [1.82, 2.24) is 0 Å². The summed E-state index contributed by atoms with van der Waals surface area (Å²) in [4.78, 5) is 51.3. The maximum absolute atomic E-state index is 12.9. The SMILES string of the molecule is O=C(O)C1CC=CCC1C(=O)Nc1ccc(SC2CC(=O)N(c3ccc(Cl)c(Cl)c3)C2=O)cc1. The van der Waals surface area contributed by atoms with Gasteiger partial charge in [0.05, 0.1) is 32.8 Å². The van der Waals surface area contributed by atoms with Crippen molar-refractivity contribution in [2.45, 2.75) is 29.4 Å². The molecule has 176 valence electrons. The first-order valence-electron chi connectivity index (χ1n) is 10.5. The quantitative estimate of drug-likeness (QED) is 0.410. The van der Waals surface area contributed by atoms with E-state index in [-0.39, 0.29) is 29.2 Å². The van der Waals surface area contributed by atoms with Crippen LogP contribution in [0.15, 0.2) is 59.5 Å². The number of thioether (sulfide) groups is 1. The van der Waals surface area contributed by atoms with Crippen LogP contribution in [0.2, 0.25) is 10.0 Å². The van der Waals surface area contributed by atoms with Gasteiger partial charge in [0.1, 0.15) is 0 Å². The monoisotopic (exact) mass is 518 g/mol. The third kappa shape index (κ3) is 5.14. The molecule has 0 saturated carbocycles. The molecule has 1 heterocycles. The van der Waals surface area contributed by atoms with Gasteiger partial charge >= 0.3 is 5.97 Å². The summed E-state index contributed by atoms with van der Waals surface area (Å²) < 4.78 is 0. The van der Waals surface area contributed by atoms with Gasteiger partial charge in [-0.2, -0.15) is 0 Å². The predicted molar refractivity (Wildman–Crippen MR) is 131 cm³/mol. The Labute approximate surface area is 210 Å². The number of amides is 3. The van der Waals surface area contributed by atoms with Crippen LogP contribution in [-0.2, 0) is 19.2 Å². The Hall–Kier alpha value is -2.81. The molecule has 3 atom stereocenters. The van der Waals surface area contributed by atoms with Gasteiger partial charge in [-0.25, -0.2) is 4.90 Å². The maximum atomic E-state index is 12.9. The van der Waals surface area contributed by atoms with E-state index in [9.17, 15) is 24.3 Å². The van der Waals surface area contributed by atoms with Crippen molar-refractivity contribution in [2.24, 2.45) is 11.8 Å². The first-order chi connectivity index (χ1) is 16.2. The lowest BCUT2D eigenvalue weighted by Gasteiger charge is -2.24. The van der Waals surface area contributed by atoms with Crippen LogP contribution < -0.4 is 10.2 Å². The number of benzene rings is 2. The average Bonchev–Trinajstić information content (AvgIpc) is 3.09. The molecular formula is C24H20Cl2N2O5S. The number of nitrogens with zero attached hydrogens (tertiary/aromatic N) is 1. The Balaban J connectivity index is 1.40. The van der Waals surface area contributed by atoms with E-state index in [4.69, 9.17) is 23.2 Å². The number of aliphatic carboxylic acids is 1. The fraction of sp³-hybridized carbons (Fsp3) is 0.250. The molecular weight excluding hydrogens is 499 g/mol. The number of hydrogen-bond donors (Lipinski definition) is 2. The topological polar surface area (TPSA) is 104 Å². The number of carboxylic acids is 1. The Morgan fingerprint density at radius 1 is 0.971 bits per heavy atom. The minimum absolute atomic E-state index is 0.0496. The first kappa shape index (κ1) is 24.3. The lowest BCUT2D eigenvalue weighted by molar-refractivity contribution is -0.146. The lowest BCUT2D eigenvalue weighted by Crippen LogP contribution is -2.34. The van der Waals surface area contributed by atoms with Crippen LogP contribution in [0.5, 0.6) is 0 Å². The van der Waals surface area contributed by atoms with Crippen molar-refractivity contribution < 1.29 is 24.3 Å². The summed E-state index contributed by atoms with van der Waals surface area (Å²) in [6, 6.07) is 11.5. The highest BCUT2D eigenvalue weighted by Gasteiger charge is 2.40. The Morgan fingerprint density at radius 2 is 1.65 bits per heavy atom. The molecule has 1 aliphatic heterocycles. The van der Waals surface area contributed by atoms with Gasteiger partial charge in [-0.1, -0.05) is 35.4 Å². The number of carbonyl (C=O) groups excluding carboxylic acids is 3. The van der Waals surface area contributed by atoms with E-state index in [1.54, 1.807) is 36.4 Å². The van der Waals surface area contributed by atoms with Crippen LogP contribution in [0.3, 0.4) is 0 Å². The van der Waals surface area contributed by atoms with Gasteiger partial charge in [0.2, 0.25) is 17.7 Å². The molecule has 10 heteroatoms. The van der Waals surface area contributed by atoms with Gasteiger partial charge in [-0.3, -0.25) is 19.2 Å². The summed E-state index contributed by atoms with van der Waals surface area (Å²) in [6.45, 7) is 0. The normalized spacial score (nSPS) is 22.2. The minimum atomic E-state index is -0.984. The molecule has 2 aliphatic rings. The van der Waals surface area contributed by atoms with Crippen LogP contribution in [0.25, 0.3) is 0 Å². The number of carbonyl (C=O) groups is 4. The second-order valence-corrected chi connectivity index (χ2v) is 10.1. The van der Waals surface area contributed by atoms with Crippen molar-refractivity contribution in [1.29, 1.82) is 0 Å². The van der Waals surface area contributed by atoms with E-state index in [1.165, 1.54) is 23.9 Å². The number of hydrogen-bond acceptors (Lipinski definition) is 5. The second-order valence-electron chi connectivity index (χ2n) is 7.98. The molecule has 1 saturated heterocycles. The number of allylic oxidation sites excluding steroid dienone is 2. The summed E-state index contributed by atoms with van der Waals surface area (Å²) in [5, 5.41) is 12.1. The molecule has 0 bridgehead atoms. The molecule has 2 aromatic carbocycles. The molecule has 4 rings (SSSR count). The molecule has 2 N–H and O–H groups in total. The van der Waals surface area contributed by atoms with Gasteiger partial charge in [-0.05, 0) is 55.3 Å². The summed E-state index contributed by atoms with van der Waals surface area (Å²) in [5.74, 6) is -3.36. The smallest absolute Gasteiger partial charge is 0.307 e. The van der Waals surface area contributed by atoms with Crippen LogP contribution in [0, 0.1) is 11.8 Å². The third-order valence-corrected chi connectivity index (χ3v) is 7.69. The number of halogens is 2. The fourth-order valence-corrected chi connectivity index (χ4v) is 5.33. The molecule has 3 amide bonds. The molecule has 1 aliphatic carbocycles. The zero-order valence-electron chi connectivity index (χ0n) is 17.7. The van der Waals surface area contributed by atoms with Crippen LogP contribution >= 0.6 is 35.0 Å². The van der Waals surface area contributed by atoms with Crippen LogP contribution in [0.1, 0.15) is 19.3 Å². The second kappa shape index (κ2) is 10.2. The highest BCUT2D eigenvalue weighted by molar-refractivity contribution is 8.00. The van der Waals surface area contributed by atoms with Gasteiger partial charge < -0.3 is 10.4 Å². The summed E-state index contributed by atoms with van der Waals surface area (Å²) in [5.41, 5.74) is 0.905. The van der Waals surface area contributed by atoms with Crippen LogP contribution in [-0.4, -0.2) is 34.0 Å². The highest BCUT2D eigenvalue weighted by Crippen LogP contribution is 2.36. The van der Waals surface area contributed by atoms with Gasteiger partial charge in [-0.15, -0.1) is 11.8 Å². The van der Waals surface area contributed by atoms with Gasteiger partial charge in [0.15, 0.2) is 0 Å². The Bertz CT molecular complexity index is 1180. The van der Waals surface area contributed by atoms with Crippen molar-refractivity contribution in [3.05, 3.63) is 64.7 Å². The van der Waals surface area contributed by atoms with E-state index >= 15 is 0 Å². The number of nitrogens with one attached hydrogen (secondary N) is 1. The summed E-state index contributed by atoms with van der Waals surface area (Å²) in [7, 11) is 0. The summed E-state index contributed by atoms with van der Waals surface area (Å²) >= 11 is 13.2. The van der Waals surface area contributed by atoms with E-state index in [0.29, 0.717) is 29.2 Å². The standard InChI is InChI=1S/C24H20Cl2N2O5S/c25-18-10-7-14(11-19(18)26)28-21(29)12-20(23(28)31)34-15-8-5-13(6-9-15)27-22(30)16-3-1-2-4-17(16)24(32)33/h1-2,5-11,16-17,20H,3-4,12H2,(H,27,30)(H,32,33). The molecule has 0 radical (unpaired) electrons. The fourth-order valence-electron chi connectivity index (χ4n) is 3.98. The van der Waals surface area contributed by atoms with Crippen molar-refractivity contribution in [2.75, 3.05) is 10.2 Å². The Kier molecular flexibility index (Phi) is 7.30. The third-order valence-electron chi connectivity index (χ3n) is 5.75. The average molecular weight is 519 g/mol. The van der Waals surface area contributed by atoms with E-state index < -0.39 is 23.1 Å². The predicted octanol–water partition coefficient (Wildman–Crippen LogP) is 5.02. The van der Waals surface area contributed by atoms with E-state index in [2.05, 4.69) is 5.32 Å². The zero-order chi connectivity index (χ0) is 24.4. The number of rotatable bonds is 6. The molecule has 0 spiro atoms. The number of anilines is 2. The Morgan fingerprint density at radius 3 is 2.29 bits per heavy atom. The first-order valence-corrected chi connectivity index (χ1v) is 12.2. The van der Waals surface area contributed by atoms with Crippen LogP contribution in [0.4, 0.5) is 11.4 Å². The molecule has 0 aromatic heterocycles. The van der Waals surface area contributed by atoms with E-state index in [1.807, 2.05) is 6.08 Å². The highest BCUT2D eigenvalue weighted by atomic mass is 35.5. The van der Waals surface area contributed by atoms with E-state index in [0.717, 1.165) is 9.80 Å². The minimum Gasteiger partial charge on any atom is -0.481 e. The number of imide groups is 1. The van der Waals surface area contributed by atoms with Crippen molar-refractivity contribution >= 4 is 70.0 Å². The molecule has 1 fully saturated rings. The molecule has 3 unspecified atom stereocenters. The lowest BCUT2D eigenvalue weighted by atomic mass is 9.82. The molecule has 7 nitrogen and oxygen atoms in total.